The van der Waals surface area contributed by atoms with Gasteiger partial charge in [0.15, 0.2) is 0 Å². The van der Waals surface area contributed by atoms with Crippen LogP contribution in [-0.4, -0.2) is 32.8 Å². The molecule has 0 aromatic carbocycles. The zero-order valence-corrected chi connectivity index (χ0v) is 10.7. The Morgan fingerprint density at radius 1 is 1.12 bits per heavy atom. The molecule has 0 radical (unpaired) electrons. The van der Waals surface area contributed by atoms with Crippen molar-refractivity contribution in [1.29, 1.82) is 0 Å². The molecule has 1 aliphatic carbocycles. The second-order valence-corrected chi connectivity index (χ2v) is 7.12. The van der Waals surface area contributed by atoms with E-state index in [2.05, 4.69) is 17.0 Å². The van der Waals surface area contributed by atoms with E-state index in [9.17, 15) is 8.42 Å². The fourth-order valence-corrected chi connectivity index (χ4v) is 4.55. The fraction of sp³-hybridized carbons (Fsp3) is 1.00. The van der Waals surface area contributed by atoms with Crippen LogP contribution in [-0.2, 0) is 10.0 Å². The van der Waals surface area contributed by atoms with Crippen LogP contribution in [0.4, 0.5) is 0 Å². The second-order valence-electron chi connectivity index (χ2n) is 5.13. The van der Waals surface area contributed by atoms with Gasteiger partial charge < -0.3 is 5.32 Å². The molecule has 0 bridgehead atoms. The molecule has 0 spiro atoms. The lowest BCUT2D eigenvalue weighted by atomic mass is 10.1. The van der Waals surface area contributed by atoms with Gasteiger partial charge in [0.25, 0.3) is 0 Å². The van der Waals surface area contributed by atoms with Gasteiger partial charge in [-0.15, -0.1) is 0 Å². The normalized spacial score (nSPS) is 33.1. The number of hydrogen-bond acceptors (Lipinski definition) is 3. The van der Waals surface area contributed by atoms with Crippen molar-refractivity contribution in [3.05, 3.63) is 0 Å². The van der Waals surface area contributed by atoms with E-state index in [4.69, 9.17) is 0 Å². The Morgan fingerprint density at radius 3 is 2.38 bits per heavy atom. The van der Waals surface area contributed by atoms with Gasteiger partial charge in [0, 0.05) is 6.04 Å². The van der Waals surface area contributed by atoms with Crippen molar-refractivity contribution in [2.45, 2.75) is 50.3 Å². The zero-order valence-electron chi connectivity index (χ0n) is 9.91. The topological polar surface area (TPSA) is 58.2 Å². The van der Waals surface area contributed by atoms with Crippen LogP contribution in [0.3, 0.4) is 0 Å². The van der Waals surface area contributed by atoms with E-state index < -0.39 is 10.0 Å². The second kappa shape index (κ2) is 5.02. The minimum Gasteiger partial charge on any atom is -0.317 e. The Balaban J connectivity index is 1.96. The van der Waals surface area contributed by atoms with Crippen molar-refractivity contribution in [2.24, 2.45) is 5.92 Å². The molecule has 2 N–H and O–H groups in total. The summed E-state index contributed by atoms with van der Waals surface area (Å²) >= 11 is 0. The lowest BCUT2D eigenvalue weighted by Crippen LogP contribution is -2.45. The molecule has 2 fully saturated rings. The third-order valence-electron chi connectivity index (χ3n) is 3.90. The van der Waals surface area contributed by atoms with Gasteiger partial charge in [-0.1, -0.05) is 13.3 Å². The smallest absolute Gasteiger partial charge is 0.214 e. The maximum absolute atomic E-state index is 12.1. The van der Waals surface area contributed by atoms with Gasteiger partial charge >= 0.3 is 0 Å². The van der Waals surface area contributed by atoms with Crippen LogP contribution in [0.1, 0.15) is 39.0 Å². The number of sulfonamides is 1. The Hall–Kier alpha value is -0.130. The van der Waals surface area contributed by atoms with Crippen LogP contribution in [0, 0.1) is 5.92 Å². The van der Waals surface area contributed by atoms with Crippen molar-refractivity contribution in [1.82, 2.24) is 10.0 Å². The van der Waals surface area contributed by atoms with Gasteiger partial charge in [0.05, 0.1) is 5.25 Å². The molecule has 1 saturated heterocycles. The van der Waals surface area contributed by atoms with Gasteiger partial charge in [-0.25, -0.2) is 13.1 Å². The minimum absolute atomic E-state index is 0.179. The number of piperidine rings is 1. The van der Waals surface area contributed by atoms with E-state index in [-0.39, 0.29) is 11.3 Å². The summed E-state index contributed by atoms with van der Waals surface area (Å²) in [6.45, 7) is 3.79. The van der Waals surface area contributed by atoms with Crippen LogP contribution in [0.2, 0.25) is 0 Å². The summed E-state index contributed by atoms with van der Waals surface area (Å²) in [4.78, 5) is 0. The summed E-state index contributed by atoms with van der Waals surface area (Å²) in [6.07, 6.45) is 4.80. The fourth-order valence-electron chi connectivity index (χ4n) is 2.73. The maximum Gasteiger partial charge on any atom is 0.214 e. The molecule has 1 aliphatic heterocycles. The molecule has 2 unspecified atom stereocenters. The van der Waals surface area contributed by atoms with Gasteiger partial charge in [0.1, 0.15) is 0 Å². The van der Waals surface area contributed by atoms with Crippen molar-refractivity contribution in [3.8, 4) is 0 Å². The van der Waals surface area contributed by atoms with Crippen molar-refractivity contribution >= 4 is 10.0 Å². The van der Waals surface area contributed by atoms with E-state index in [1.807, 2.05) is 0 Å². The monoisotopic (exact) mass is 246 g/mol. The van der Waals surface area contributed by atoms with E-state index in [1.54, 1.807) is 0 Å². The first-order valence-electron chi connectivity index (χ1n) is 6.31. The molecule has 2 aliphatic rings. The molecule has 0 amide bonds. The highest BCUT2D eigenvalue weighted by Crippen LogP contribution is 2.26. The molecular formula is C11H22N2O2S. The SMILES string of the molecule is CC1CCCC1NS(=O)(=O)C1CCNCC1. The first-order chi connectivity index (χ1) is 7.59. The highest BCUT2D eigenvalue weighted by atomic mass is 32.2. The van der Waals surface area contributed by atoms with Gasteiger partial charge in [-0.05, 0) is 44.7 Å². The summed E-state index contributed by atoms with van der Waals surface area (Å²) in [7, 11) is -3.09. The van der Waals surface area contributed by atoms with Crippen LogP contribution in [0.5, 0.6) is 0 Å². The number of nitrogens with one attached hydrogen (secondary N) is 2. The zero-order chi connectivity index (χ0) is 11.6. The van der Waals surface area contributed by atoms with Gasteiger partial charge in [0.2, 0.25) is 10.0 Å². The van der Waals surface area contributed by atoms with Crippen LogP contribution in [0.25, 0.3) is 0 Å². The van der Waals surface area contributed by atoms with E-state index in [0.717, 1.165) is 45.2 Å². The average molecular weight is 246 g/mol. The summed E-state index contributed by atoms with van der Waals surface area (Å²) in [5.41, 5.74) is 0. The Labute approximate surface area is 98.2 Å². The Morgan fingerprint density at radius 2 is 1.81 bits per heavy atom. The lowest BCUT2D eigenvalue weighted by Gasteiger charge is -2.26. The van der Waals surface area contributed by atoms with Gasteiger partial charge in [-0.2, -0.15) is 0 Å². The first-order valence-corrected chi connectivity index (χ1v) is 7.86. The molecule has 2 atom stereocenters. The molecular weight excluding hydrogens is 224 g/mol. The highest BCUT2D eigenvalue weighted by Gasteiger charge is 2.32. The van der Waals surface area contributed by atoms with E-state index >= 15 is 0 Å². The summed E-state index contributed by atoms with van der Waals surface area (Å²) in [5, 5.41) is 3.02. The largest absolute Gasteiger partial charge is 0.317 e. The van der Waals surface area contributed by atoms with Crippen molar-refractivity contribution in [3.63, 3.8) is 0 Å². The molecule has 16 heavy (non-hydrogen) atoms. The lowest BCUT2D eigenvalue weighted by molar-refractivity contribution is 0.452. The van der Waals surface area contributed by atoms with Crippen LogP contribution in [0.15, 0.2) is 0 Å². The molecule has 2 rings (SSSR count). The van der Waals surface area contributed by atoms with E-state index in [0.29, 0.717) is 5.92 Å². The van der Waals surface area contributed by atoms with Crippen LogP contribution < -0.4 is 10.0 Å². The van der Waals surface area contributed by atoms with Gasteiger partial charge in [-0.3, -0.25) is 0 Å². The average Bonchev–Trinajstić information content (AvgIpc) is 2.65. The molecule has 5 heteroatoms. The minimum atomic E-state index is -3.09. The quantitative estimate of drug-likeness (QED) is 0.776. The molecule has 4 nitrogen and oxygen atoms in total. The number of rotatable bonds is 3. The summed E-state index contributed by atoms with van der Waals surface area (Å²) < 4.78 is 27.2. The molecule has 1 saturated carbocycles. The molecule has 1 heterocycles. The highest BCUT2D eigenvalue weighted by molar-refractivity contribution is 7.90. The predicted octanol–water partition coefficient (Wildman–Crippen LogP) is 0.846. The van der Waals surface area contributed by atoms with Crippen molar-refractivity contribution in [2.75, 3.05) is 13.1 Å². The summed E-state index contributed by atoms with van der Waals surface area (Å²) in [5.74, 6) is 0.497. The number of hydrogen-bond donors (Lipinski definition) is 2. The maximum atomic E-state index is 12.1. The molecule has 94 valence electrons. The van der Waals surface area contributed by atoms with Crippen LogP contribution >= 0.6 is 0 Å². The Kier molecular flexibility index (Phi) is 3.87. The van der Waals surface area contributed by atoms with E-state index in [1.165, 1.54) is 0 Å². The predicted molar refractivity (Wildman–Crippen MR) is 64.8 cm³/mol. The first kappa shape index (κ1) is 12.3. The van der Waals surface area contributed by atoms with Crippen molar-refractivity contribution < 1.29 is 8.42 Å². The third-order valence-corrected chi connectivity index (χ3v) is 5.88. The third kappa shape index (κ3) is 2.76. The molecule has 0 aromatic rings. The summed E-state index contributed by atoms with van der Waals surface area (Å²) in [6, 6.07) is 0.180. The molecule has 0 aromatic heterocycles. The Bertz CT molecular complexity index is 323. The standard InChI is InChI=1S/C11H22N2O2S/c1-9-3-2-4-11(9)13-16(14,15)10-5-7-12-8-6-10/h9-13H,2-8H2,1H3.